The van der Waals surface area contributed by atoms with Crippen LogP contribution in [0.1, 0.15) is 126 Å². The SMILES string of the molecule is CC1(C)CC[C@]2(C(=O)O)CC[C@]3(C)C(=CCC4[C@@]5(C)C[C@H](OC(=O)CCC(=O)O)CC(C)(C)C5CC[C@]43C)C2C1. The first kappa shape index (κ1) is 29.6. The Morgan fingerprint density at radius 3 is 2.17 bits per heavy atom. The highest BCUT2D eigenvalue weighted by Crippen LogP contribution is 2.75. The molecule has 5 rings (SSSR count). The Morgan fingerprint density at radius 1 is 0.850 bits per heavy atom. The number of carbonyl (C=O) groups excluding carboxylic acids is 1. The third-order valence-electron chi connectivity index (χ3n) is 13.5. The van der Waals surface area contributed by atoms with Gasteiger partial charge in [-0.1, -0.05) is 60.1 Å². The molecule has 6 nitrogen and oxygen atoms in total. The Kier molecular flexibility index (Phi) is 6.91. The maximum Gasteiger partial charge on any atom is 0.310 e. The number of fused-ring (bicyclic) bond motifs is 7. The fraction of sp³-hybridized carbons (Fsp3) is 0.853. The molecule has 0 aromatic rings. The molecule has 0 heterocycles. The number of hydrogen-bond acceptors (Lipinski definition) is 4. The van der Waals surface area contributed by atoms with Crippen LogP contribution in [0.4, 0.5) is 0 Å². The highest BCUT2D eigenvalue weighted by atomic mass is 16.5. The van der Waals surface area contributed by atoms with Crippen LogP contribution in [0.25, 0.3) is 0 Å². The normalized spacial score (nSPS) is 45.0. The third kappa shape index (κ3) is 4.28. The highest BCUT2D eigenvalue weighted by molar-refractivity contribution is 5.77. The second-order valence-corrected chi connectivity index (χ2v) is 16.6. The predicted molar refractivity (Wildman–Crippen MR) is 153 cm³/mol. The minimum absolute atomic E-state index is 0.00932. The lowest BCUT2D eigenvalue weighted by Gasteiger charge is -2.71. The molecule has 0 aliphatic heterocycles. The zero-order valence-electron chi connectivity index (χ0n) is 25.9. The lowest BCUT2D eigenvalue weighted by Crippen LogP contribution is -2.64. The van der Waals surface area contributed by atoms with Crippen molar-refractivity contribution in [2.24, 2.45) is 50.2 Å². The standard InChI is InChI=1S/C34H52O6/c1-29(2)14-16-34(28(38)39)17-15-32(6)22(23(34)20-29)8-9-25-31(5)19-21(40-27(37)11-10-26(35)36)18-30(3,4)24(31)12-13-33(25,32)7/h8,21,23-25H,9-20H2,1-7H3,(H,35,36)(H,38,39)/t21-,23?,24?,25?,31+,32-,33-,34+/m1/s1. The fourth-order valence-electron chi connectivity index (χ4n) is 11.4. The van der Waals surface area contributed by atoms with Crippen molar-refractivity contribution in [1.82, 2.24) is 0 Å². The van der Waals surface area contributed by atoms with Crippen LogP contribution in [0.3, 0.4) is 0 Å². The first-order valence-electron chi connectivity index (χ1n) is 15.8. The number of carboxylic acid groups (broad SMARTS) is 2. The van der Waals surface area contributed by atoms with E-state index in [1.807, 2.05) is 0 Å². The van der Waals surface area contributed by atoms with Gasteiger partial charge >= 0.3 is 17.9 Å². The van der Waals surface area contributed by atoms with E-state index in [-0.39, 0.29) is 51.9 Å². The molecule has 6 heteroatoms. The van der Waals surface area contributed by atoms with Crippen LogP contribution in [-0.4, -0.2) is 34.2 Å². The van der Waals surface area contributed by atoms with Gasteiger partial charge in [-0.25, -0.2) is 0 Å². The van der Waals surface area contributed by atoms with Gasteiger partial charge in [0.2, 0.25) is 0 Å². The van der Waals surface area contributed by atoms with E-state index in [9.17, 15) is 19.5 Å². The van der Waals surface area contributed by atoms with Gasteiger partial charge in [0.05, 0.1) is 18.3 Å². The largest absolute Gasteiger partial charge is 0.481 e. The number of rotatable bonds is 5. The number of esters is 1. The molecule has 0 aromatic carbocycles. The molecule has 224 valence electrons. The van der Waals surface area contributed by atoms with Gasteiger partial charge in [-0.2, -0.15) is 0 Å². The van der Waals surface area contributed by atoms with Gasteiger partial charge in [-0.15, -0.1) is 0 Å². The van der Waals surface area contributed by atoms with Gasteiger partial charge in [0, 0.05) is 0 Å². The van der Waals surface area contributed by atoms with Crippen molar-refractivity contribution in [3.63, 3.8) is 0 Å². The van der Waals surface area contributed by atoms with E-state index in [2.05, 4.69) is 54.5 Å². The molecule has 0 aromatic heterocycles. The topological polar surface area (TPSA) is 101 Å². The maximum absolute atomic E-state index is 12.9. The number of ether oxygens (including phenoxy) is 1. The van der Waals surface area contributed by atoms with Gasteiger partial charge in [0.15, 0.2) is 0 Å². The number of carboxylic acids is 2. The quantitative estimate of drug-likeness (QED) is 0.266. The molecule has 4 saturated carbocycles. The molecule has 0 radical (unpaired) electrons. The lowest BCUT2D eigenvalue weighted by molar-refractivity contribution is -0.207. The van der Waals surface area contributed by atoms with Crippen LogP contribution in [0, 0.1) is 50.2 Å². The van der Waals surface area contributed by atoms with Crippen LogP contribution in [0.2, 0.25) is 0 Å². The fourth-order valence-corrected chi connectivity index (χ4v) is 11.4. The molecule has 8 atom stereocenters. The second kappa shape index (κ2) is 9.33. The van der Waals surface area contributed by atoms with E-state index in [1.165, 1.54) is 5.57 Å². The summed E-state index contributed by atoms with van der Waals surface area (Å²) in [7, 11) is 0. The lowest BCUT2D eigenvalue weighted by atomic mass is 9.33. The summed E-state index contributed by atoms with van der Waals surface area (Å²) in [4.78, 5) is 36.5. The zero-order chi connectivity index (χ0) is 29.5. The molecule has 2 N–H and O–H groups in total. The Balaban J connectivity index is 1.50. The van der Waals surface area contributed by atoms with Crippen LogP contribution in [0.15, 0.2) is 11.6 Å². The van der Waals surface area contributed by atoms with Crippen LogP contribution < -0.4 is 0 Å². The van der Waals surface area contributed by atoms with Crippen LogP contribution in [-0.2, 0) is 19.1 Å². The summed E-state index contributed by atoms with van der Waals surface area (Å²) >= 11 is 0. The van der Waals surface area contributed by atoms with Crippen LogP contribution in [0.5, 0.6) is 0 Å². The minimum atomic E-state index is -0.977. The number of aliphatic carboxylic acids is 2. The molecule has 0 saturated heterocycles. The average molecular weight is 557 g/mol. The van der Waals surface area contributed by atoms with Crippen molar-refractivity contribution in [2.45, 2.75) is 132 Å². The Labute approximate surface area is 240 Å². The van der Waals surface area contributed by atoms with E-state index in [1.54, 1.807) is 0 Å². The highest BCUT2D eigenvalue weighted by Gasteiger charge is 2.69. The van der Waals surface area contributed by atoms with Gasteiger partial charge in [-0.3, -0.25) is 14.4 Å². The molecular weight excluding hydrogens is 504 g/mol. The smallest absolute Gasteiger partial charge is 0.310 e. The average Bonchev–Trinajstić information content (AvgIpc) is 2.81. The summed E-state index contributed by atoms with van der Waals surface area (Å²) in [5.41, 5.74) is 0.931. The van der Waals surface area contributed by atoms with E-state index >= 15 is 0 Å². The maximum atomic E-state index is 12.9. The first-order valence-corrected chi connectivity index (χ1v) is 15.8. The minimum Gasteiger partial charge on any atom is -0.481 e. The van der Waals surface area contributed by atoms with E-state index < -0.39 is 23.3 Å². The number of carbonyl (C=O) groups is 3. The second-order valence-electron chi connectivity index (χ2n) is 16.6. The summed E-state index contributed by atoms with van der Waals surface area (Å²) in [5, 5.41) is 19.6. The number of allylic oxidation sites excluding steroid dienone is 2. The summed E-state index contributed by atoms with van der Waals surface area (Å²) in [6.45, 7) is 16.7. The third-order valence-corrected chi connectivity index (χ3v) is 13.5. The molecule has 3 unspecified atom stereocenters. The van der Waals surface area contributed by atoms with Gasteiger partial charge in [0.1, 0.15) is 6.10 Å². The van der Waals surface area contributed by atoms with E-state index in [4.69, 9.17) is 9.84 Å². The van der Waals surface area contributed by atoms with E-state index in [0.717, 1.165) is 64.2 Å². The molecule has 0 bridgehead atoms. The Morgan fingerprint density at radius 2 is 1.52 bits per heavy atom. The summed E-state index contributed by atoms with van der Waals surface area (Å²) < 4.78 is 5.99. The van der Waals surface area contributed by atoms with Crippen molar-refractivity contribution in [1.29, 1.82) is 0 Å². The zero-order valence-corrected chi connectivity index (χ0v) is 25.9. The van der Waals surface area contributed by atoms with Gasteiger partial charge in [0.25, 0.3) is 0 Å². The molecule has 4 fully saturated rings. The molecular formula is C34H52O6. The van der Waals surface area contributed by atoms with Crippen molar-refractivity contribution in [3.05, 3.63) is 11.6 Å². The summed E-state index contributed by atoms with van der Waals surface area (Å²) in [6.07, 6.45) is 11.2. The summed E-state index contributed by atoms with van der Waals surface area (Å²) in [6, 6.07) is 0. The first-order chi connectivity index (χ1) is 18.4. The Bertz CT molecular complexity index is 1120. The predicted octanol–water partition coefficient (Wildman–Crippen LogP) is 7.65. The molecule has 0 amide bonds. The Hall–Kier alpha value is -1.85. The van der Waals surface area contributed by atoms with Crippen molar-refractivity contribution in [2.75, 3.05) is 0 Å². The summed E-state index contributed by atoms with van der Waals surface area (Å²) in [5.74, 6) is -0.947. The van der Waals surface area contributed by atoms with E-state index in [0.29, 0.717) is 11.8 Å². The molecule has 40 heavy (non-hydrogen) atoms. The molecule has 5 aliphatic rings. The van der Waals surface area contributed by atoms with Crippen molar-refractivity contribution < 1.29 is 29.3 Å². The monoisotopic (exact) mass is 556 g/mol. The van der Waals surface area contributed by atoms with Crippen LogP contribution >= 0.6 is 0 Å². The van der Waals surface area contributed by atoms with Gasteiger partial charge < -0.3 is 14.9 Å². The molecule has 0 spiro atoms. The van der Waals surface area contributed by atoms with Crippen molar-refractivity contribution >= 4 is 17.9 Å². The van der Waals surface area contributed by atoms with Gasteiger partial charge in [-0.05, 0) is 109 Å². The molecule has 5 aliphatic carbocycles. The number of hydrogen-bond donors (Lipinski definition) is 2. The van der Waals surface area contributed by atoms with Crippen molar-refractivity contribution in [3.8, 4) is 0 Å².